The molecule has 0 spiro atoms. The zero-order valence-electron chi connectivity index (χ0n) is 11.2. The number of pyridine rings is 1. The van der Waals surface area contributed by atoms with Crippen molar-refractivity contribution in [3.05, 3.63) is 28.1 Å². The minimum absolute atomic E-state index is 0.222. The first-order chi connectivity index (χ1) is 8.97. The predicted molar refractivity (Wildman–Crippen MR) is 67.6 cm³/mol. The number of carbonyl (C=O) groups is 2. The van der Waals surface area contributed by atoms with Crippen molar-refractivity contribution in [1.82, 2.24) is 4.98 Å². The fourth-order valence-electron chi connectivity index (χ4n) is 2.11. The molecule has 0 aliphatic carbocycles. The van der Waals surface area contributed by atoms with Crippen molar-refractivity contribution in [3.63, 3.8) is 0 Å². The molecule has 1 heterocycles. The maximum absolute atomic E-state index is 11.3. The number of aromatic carboxylic acids is 2. The third-order valence-corrected chi connectivity index (χ3v) is 2.89. The Morgan fingerprint density at radius 3 is 2.11 bits per heavy atom. The molecular weight excluding hydrogens is 250 g/mol. The summed E-state index contributed by atoms with van der Waals surface area (Å²) in [5.74, 6) is -2.60. The number of carboxylic acids is 2. The van der Waals surface area contributed by atoms with E-state index in [0.717, 1.165) is 0 Å². The van der Waals surface area contributed by atoms with E-state index in [9.17, 15) is 14.7 Å². The van der Waals surface area contributed by atoms with Gasteiger partial charge in [-0.3, -0.25) is 0 Å². The molecule has 0 fully saturated rings. The molecule has 0 saturated carbocycles. The van der Waals surface area contributed by atoms with Crippen LogP contribution in [-0.4, -0.2) is 34.2 Å². The van der Waals surface area contributed by atoms with E-state index in [0.29, 0.717) is 29.7 Å². The Balaban J connectivity index is 3.70. The molecule has 2 N–H and O–H groups in total. The number of ether oxygens (including phenoxy) is 1. The van der Waals surface area contributed by atoms with Gasteiger partial charge in [0.25, 0.3) is 0 Å². The zero-order valence-corrected chi connectivity index (χ0v) is 11.2. The van der Waals surface area contributed by atoms with Gasteiger partial charge >= 0.3 is 11.9 Å². The molecule has 104 valence electrons. The van der Waals surface area contributed by atoms with Gasteiger partial charge in [0.05, 0.1) is 12.2 Å². The highest BCUT2D eigenvalue weighted by molar-refractivity contribution is 6.01. The van der Waals surface area contributed by atoms with Gasteiger partial charge in [-0.1, -0.05) is 13.8 Å². The van der Waals surface area contributed by atoms with Gasteiger partial charge in [0.15, 0.2) is 5.69 Å². The molecule has 1 aromatic heterocycles. The van der Waals surface area contributed by atoms with Gasteiger partial charge < -0.3 is 14.9 Å². The van der Waals surface area contributed by atoms with E-state index < -0.39 is 17.6 Å². The molecule has 0 aliphatic rings. The van der Waals surface area contributed by atoms with Crippen molar-refractivity contribution in [2.45, 2.75) is 33.3 Å². The van der Waals surface area contributed by atoms with E-state index in [1.807, 2.05) is 6.92 Å². The normalized spacial score (nSPS) is 10.5. The molecule has 0 bridgehead atoms. The third-order valence-electron chi connectivity index (χ3n) is 2.89. The standard InChI is InChI=1S/C13H17NO5/c1-4-7-8(6-19-3)9(5-2)14-11(13(17)18)10(7)12(15)16/h4-6H2,1-3H3,(H,15,16)(H,17,18). The highest BCUT2D eigenvalue weighted by atomic mass is 16.5. The van der Waals surface area contributed by atoms with E-state index in [1.165, 1.54) is 7.11 Å². The summed E-state index contributed by atoms with van der Waals surface area (Å²) in [5, 5.41) is 18.4. The molecule has 0 unspecified atom stereocenters. The number of nitrogens with zero attached hydrogens (tertiary/aromatic N) is 1. The summed E-state index contributed by atoms with van der Waals surface area (Å²) in [5.41, 5.74) is 1.09. The van der Waals surface area contributed by atoms with E-state index in [-0.39, 0.29) is 12.2 Å². The molecular formula is C13H17NO5. The number of aryl methyl sites for hydroxylation is 1. The van der Waals surface area contributed by atoms with Gasteiger partial charge in [-0.25, -0.2) is 14.6 Å². The summed E-state index contributed by atoms with van der Waals surface area (Å²) in [4.78, 5) is 26.5. The van der Waals surface area contributed by atoms with Crippen LogP contribution in [-0.2, 0) is 24.2 Å². The first kappa shape index (κ1) is 15.1. The van der Waals surface area contributed by atoms with Crippen molar-refractivity contribution < 1.29 is 24.5 Å². The number of methoxy groups -OCH3 is 1. The van der Waals surface area contributed by atoms with Gasteiger partial charge in [-0.2, -0.15) is 0 Å². The molecule has 1 aromatic rings. The Hall–Kier alpha value is -1.95. The average molecular weight is 267 g/mol. The predicted octanol–water partition coefficient (Wildman–Crippen LogP) is 1.75. The number of aromatic nitrogens is 1. The lowest BCUT2D eigenvalue weighted by Crippen LogP contribution is -2.18. The zero-order chi connectivity index (χ0) is 14.6. The Morgan fingerprint density at radius 2 is 1.74 bits per heavy atom. The van der Waals surface area contributed by atoms with Crippen LogP contribution < -0.4 is 0 Å². The largest absolute Gasteiger partial charge is 0.478 e. The van der Waals surface area contributed by atoms with Gasteiger partial charge in [0, 0.05) is 18.4 Å². The summed E-state index contributed by atoms with van der Waals surface area (Å²) >= 11 is 0. The molecule has 19 heavy (non-hydrogen) atoms. The molecule has 1 rings (SSSR count). The Labute approximate surface area is 111 Å². The maximum Gasteiger partial charge on any atom is 0.355 e. The van der Waals surface area contributed by atoms with Gasteiger partial charge in [-0.15, -0.1) is 0 Å². The van der Waals surface area contributed by atoms with Crippen LogP contribution in [0.15, 0.2) is 0 Å². The third kappa shape index (κ3) is 2.90. The number of rotatable bonds is 6. The van der Waals surface area contributed by atoms with Crippen LogP contribution in [0.2, 0.25) is 0 Å². The molecule has 0 saturated heterocycles. The van der Waals surface area contributed by atoms with E-state index in [1.54, 1.807) is 6.92 Å². The molecule has 0 amide bonds. The summed E-state index contributed by atoms with van der Waals surface area (Å²) < 4.78 is 5.07. The summed E-state index contributed by atoms with van der Waals surface area (Å²) in [6, 6.07) is 0. The first-order valence-electron chi connectivity index (χ1n) is 5.97. The molecule has 6 heteroatoms. The number of hydrogen-bond acceptors (Lipinski definition) is 4. The second-order valence-corrected chi connectivity index (χ2v) is 3.99. The second-order valence-electron chi connectivity index (χ2n) is 3.99. The SMILES string of the molecule is CCc1nc(C(=O)O)c(C(=O)O)c(CC)c1COC. The van der Waals surface area contributed by atoms with Crippen LogP contribution in [0.5, 0.6) is 0 Å². The van der Waals surface area contributed by atoms with E-state index in [2.05, 4.69) is 4.98 Å². The number of carboxylic acid groups (broad SMARTS) is 2. The second kappa shape index (κ2) is 6.29. The molecule has 0 radical (unpaired) electrons. The lowest BCUT2D eigenvalue weighted by molar-refractivity contribution is 0.0644. The highest BCUT2D eigenvalue weighted by Gasteiger charge is 2.25. The van der Waals surface area contributed by atoms with Gasteiger partial charge in [0.1, 0.15) is 0 Å². The topological polar surface area (TPSA) is 96.7 Å². The fraction of sp³-hybridized carbons (Fsp3) is 0.462. The van der Waals surface area contributed by atoms with Crippen molar-refractivity contribution in [2.24, 2.45) is 0 Å². The molecule has 0 aromatic carbocycles. The van der Waals surface area contributed by atoms with Crippen LogP contribution in [0.1, 0.15) is 51.5 Å². The van der Waals surface area contributed by atoms with Crippen LogP contribution in [0, 0.1) is 0 Å². The fourth-order valence-corrected chi connectivity index (χ4v) is 2.11. The summed E-state index contributed by atoms with van der Waals surface area (Å²) in [6.07, 6.45) is 0.933. The highest BCUT2D eigenvalue weighted by Crippen LogP contribution is 2.23. The van der Waals surface area contributed by atoms with Crippen molar-refractivity contribution in [3.8, 4) is 0 Å². The smallest absolute Gasteiger partial charge is 0.355 e. The van der Waals surface area contributed by atoms with Crippen molar-refractivity contribution in [1.29, 1.82) is 0 Å². The lowest BCUT2D eigenvalue weighted by atomic mass is 9.95. The Bertz CT molecular complexity index is 510. The lowest BCUT2D eigenvalue weighted by Gasteiger charge is -2.16. The minimum Gasteiger partial charge on any atom is -0.478 e. The van der Waals surface area contributed by atoms with E-state index >= 15 is 0 Å². The van der Waals surface area contributed by atoms with Gasteiger partial charge in [0.2, 0.25) is 0 Å². The molecule has 0 atom stereocenters. The Morgan fingerprint density at radius 1 is 1.11 bits per heavy atom. The Kier molecular flexibility index (Phi) is 5.00. The van der Waals surface area contributed by atoms with Crippen LogP contribution in [0.4, 0.5) is 0 Å². The molecule has 6 nitrogen and oxygen atoms in total. The quantitative estimate of drug-likeness (QED) is 0.815. The molecule has 0 aliphatic heterocycles. The van der Waals surface area contributed by atoms with Crippen LogP contribution in [0.25, 0.3) is 0 Å². The van der Waals surface area contributed by atoms with Crippen LogP contribution in [0.3, 0.4) is 0 Å². The van der Waals surface area contributed by atoms with Gasteiger partial charge in [-0.05, 0) is 18.4 Å². The van der Waals surface area contributed by atoms with E-state index in [4.69, 9.17) is 9.84 Å². The summed E-state index contributed by atoms with van der Waals surface area (Å²) in [7, 11) is 1.50. The minimum atomic E-state index is -1.33. The monoisotopic (exact) mass is 267 g/mol. The maximum atomic E-state index is 11.3. The van der Waals surface area contributed by atoms with Crippen LogP contribution >= 0.6 is 0 Å². The first-order valence-corrected chi connectivity index (χ1v) is 5.97. The summed E-state index contributed by atoms with van der Waals surface area (Å²) in [6.45, 7) is 3.85. The van der Waals surface area contributed by atoms with Crippen molar-refractivity contribution in [2.75, 3.05) is 7.11 Å². The van der Waals surface area contributed by atoms with Crippen molar-refractivity contribution >= 4 is 11.9 Å². The average Bonchev–Trinajstić information content (AvgIpc) is 2.37. The number of hydrogen-bond donors (Lipinski definition) is 2.